The standard InChI is InChI=1S/C21H32O.C7H10O/c1-14(22)17-9-10-18-16-8-7-15-6-4-5-12-20(15,2)19(16)11-13-21(17,18)3;8-6-7-4-2-1-3-5-7/h7,16-19H,4-6,8-13H2,1-3H3;2,4-5,8H,1,3,6H2/t16?,17-,18?,19?,20+,21-;/m1./s1. The highest BCUT2D eigenvalue weighted by Gasteiger charge is 2.58. The lowest BCUT2D eigenvalue weighted by Crippen LogP contribution is -2.50. The second-order valence-corrected chi connectivity index (χ2v) is 11.2. The molecule has 2 heteroatoms. The number of rotatable bonds is 2. The molecule has 0 spiro atoms. The maximum absolute atomic E-state index is 12.1. The van der Waals surface area contributed by atoms with Crippen LogP contribution < -0.4 is 0 Å². The average Bonchev–Trinajstić information content (AvgIpc) is 3.12. The number of allylic oxidation sites excluding steroid dienone is 4. The van der Waals surface area contributed by atoms with Crippen molar-refractivity contribution < 1.29 is 9.90 Å². The smallest absolute Gasteiger partial charge is 0.133 e. The van der Waals surface area contributed by atoms with Gasteiger partial charge in [-0.2, -0.15) is 0 Å². The van der Waals surface area contributed by atoms with Gasteiger partial charge in [0.1, 0.15) is 5.78 Å². The molecule has 0 aromatic heterocycles. The van der Waals surface area contributed by atoms with Gasteiger partial charge in [0.05, 0.1) is 6.61 Å². The molecule has 5 rings (SSSR count). The summed E-state index contributed by atoms with van der Waals surface area (Å²) in [5.74, 6) is 3.37. The SMILES string of the molecule is CC(=O)[C@H]1CCC2C3CC=C4CCCC[C@]4(C)C3CC[C@@]21C.OCC1=CCCC=C1. The topological polar surface area (TPSA) is 37.3 Å². The van der Waals surface area contributed by atoms with E-state index in [0.29, 0.717) is 22.5 Å². The van der Waals surface area contributed by atoms with E-state index in [1.54, 1.807) is 5.57 Å². The molecular weight excluding hydrogens is 368 g/mol. The molecule has 0 heterocycles. The minimum absolute atomic E-state index is 0.191. The van der Waals surface area contributed by atoms with Crippen LogP contribution >= 0.6 is 0 Å². The van der Waals surface area contributed by atoms with Gasteiger partial charge in [0.15, 0.2) is 0 Å². The highest BCUT2D eigenvalue weighted by Crippen LogP contribution is 2.66. The molecule has 3 fully saturated rings. The average molecular weight is 411 g/mol. The first-order valence-electron chi connectivity index (χ1n) is 12.6. The van der Waals surface area contributed by atoms with E-state index in [0.717, 1.165) is 42.6 Å². The molecule has 3 saturated carbocycles. The summed E-state index contributed by atoms with van der Waals surface area (Å²) in [6.45, 7) is 7.06. The Morgan fingerprint density at radius 3 is 2.57 bits per heavy atom. The summed E-state index contributed by atoms with van der Waals surface area (Å²) in [5.41, 5.74) is 3.65. The zero-order valence-corrected chi connectivity index (χ0v) is 19.5. The number of carbonyl (C=O) groups excluding carboxylic acids is 1. The largest absolute Gasteiger partial charge is 0.392 e. The zero-order valence-electron chi connectivity index (χ0n) is 19.5. The highest BCUT2D eigenvalue weighted by atomic mass is 16.3. The van der Waals surface area contributed by atoms with E-state index in [2.05, 4.69) is 32.1 Å². The Bertz CT molecular complexity index is 744. The van der Waals surface area contributed by atoms with Gasteiger partial charge in [-0.3, -0.25) is 4.79 Å². The lowest BCUT2D eigenvalue weighted by Gasteiger charge is -2.57. The van der Waals surface area contributed by atoms with Gasteiger partial charge < -0.3 is 5.11 Å². The zero-order chi connectivity index (χ0) is 21.4. The van der Waals surface area contributed by atoms with Crippen molar-refractivity contribution in [3.05, 3.63) is 35.5 Å². The number of aliphatic hydroxyl groups is 1. The van der Waals surface area contributed by atoms with Gasteiger partial charge in [0.2, 0.25) is 0 Å². The highest BCUT2D eigenvalue weighted by molar-refractivity contribution is 5.79. The summed E-state index contributed by atoms with van der Waals surface area (Å²) < 4.78 is 0. The first kappa shape index (κ1) is 22.1. The van der Waals surface area contributed by atoms with Gasteiger partial charge in [-0.1, -0.05) is 50.1 Å². The van der Waals surface area contributed by atoms with Crippen molar-refractivity contribution in [2.75, 3.05) is 6.61 Å². The molecule has 2 nitrogen and oxygen atoms in total. The van der Waals surface area contributed by atoms with Gasteiger partial charge in [-0.15, -0.1) is 0 Å². The number of carbonyl (C=O) groups is 1. The van der Waals surface area contributed by atoms with E-state index in [9.17, 15) is 4.79 Å². The Balaban J connectivity index is 0.000000230. The first-order valence-corrected chi connectivity index (χ1v) is 12.6. The van der Waals surface area contributed by atoms with Gasteiger partial charge in [0.25, 0.3) is 0 Å². The van der Waals surface area contributed by atoms with Crippen molar-refractivity contribution in [1.82, 2.24) is 0 Å². The van der Waals surface area contributed by atoms with Crippen molar-refractivity contribution in [3.8, 4) is 0 Å². The van der Waals surface area contributed by atoms with Crippen molar-refractivity contribution in [2.45, 2.75) is 91.4 Å². The van der Waals surface area contributed by atoms with Gasteiger partial charge in [-0.05, 0) is 105 Å². The third-order valence-electron chi connectivity index (χ3n) is 9.76. The molecule has 0 aromatic carbocycles. The van der Waals surface area contributed by atoms with E-state index >= 15 is 0 Å². The van der Waals surface area contributed by atoms with E-state index in [1.807, 2.05) is 13.0 Å². The summed E-state index contributed by atoms with van der Waals surface area (Å²) in [4.78, 5) is 12.1. The Kier molecular flexibility index (Phi) is 6.45. The molecule has 0 amide bonds. The summed E-state index contributed by atoms with van der Waals surface area (Å²) >= 11 is 0. The van der Waals surface area contributed by atoms with Crippen LogP contribution in [0.1, 0.15) is 91.4 Å². The van der Waals surface area contributed by atoms with Crippen molar-refractivity contribution in [2.24, 2.45) is 34.5 Å². The maximum Gasteiger partial charge on any atom is 0.133 e. The predicted molar refractivity (Wildman–Crippen MR) is 124 cm³/mol. The lowest BCUT2D eigenvalue weighted by atomic mass is 9.47. The molecular formula is C28H42O2. The Morgan fingerprint density at radius 2 is 1.90 bits per heavy atom. The summed E-state index contributed by atoms with van der Waals surface area (Å²) in [5, 5.41) is 8.57. The molecule has 30 heavy (non-hydrogen) atoms. The fourth-order valence-corrected chi connectivity index (χ4v) is 8.15. The number of Topliss-reactive ketones (excluding diaryl/α,β-unsaturated/α-hetero) is 1. The number of fused-ring (bicyclic) bond motifs is 5. The van der Waals surface area contributed by atoms with Crippen molar-refractivity contribution in [3.63, 3.8) is 0 Å². The van der Waals surface area contributed by atoms with E-state index in [1.165, 1.54) is 51.4 Å². The Labute approximate surface area is 183 Å². The predicted octanol–water partition coefficient (Wildman–Crippen LogP) is 6.80. The minimum Gasteiger partial charge on any atom is -0.392 e. The fourth-order valence-electron chi connectivity index (χ4n) is 8.15. The van der Waals surface area contributed by atoms with Crippen LogP contribution in [0.25, 0.3) is 0 Å². The van der Waals surface area contributed by atoms with Gasteiger partial charge >= 0.3 is 0 Å². The third-order valence-corrected chi connectivity index (χ3v) is 9.76. The van der Waals surface area contributed by atoms with Crippen LogP contribution in [0.15, 0.2) is 35.5 Å². The molecule has 0 bridgehead atoms. The quantitative estimate of drug-likeness (QED) is 0.508. The molecule has 6 atom stereocenters. The number of ketones is 1. The fraction of sp³-hybridized carbons (Fsp3) is 0.750. The van der Waals surface area contributed by atoms with E-state index < -0.39 is 0 Å². The number of hydrogen-bond donors (Lipinski definition) is 1. The second-order valence-electron chi connectivity index (χ2n) is 11.2. The Morgan fingerprint density at radius 1 is 1.07 bits per heavy atom. The van der Waals surface area contributed by atoms with E-state index in [-0.39, 0.29) is 6.61 Å². The van der Waals surface area contributed by atoms with Crippen LogP contribution in [0, 0.1) is 34.5 Å². The van der Waals surface area contributed by atoms with Crippen LogP contribution in [0.5, 0.6) is 0 Å². The Hall–Kier alpha value is -1.15. The van der Waals surface area contributed by atoms with Crippen LogP contribution in [0.4, 0.5) is 0 Å². The normalized spacial score (nSPS) is 42.0. The third kappa shape index (κ3) is 3.78. The monoisotopic (exact) mass is 410 g/mol. The molecule has 0 saturated heterocycles. The summed E-state index contributed by atoms with van der Waals surface area (Å²) in [6.07, 6.45) is 23.0. The van der Waals surface area contributed by atoms with Crippen molar-refractivity contribution in [1.29, 1.82) is 0 Å². The lowest BCUT2D eigenvalue weighted by molar-refractivity contribution is -0.127. The van der Waals surface area contributed by atoms with Gasteiger partial charge in [0, 0.05) is 5.92 Å². The summed E-state index contributed by atoms with van der Waals surface area (Å²) in [7, 11) is 0. The van der Waals surface area contributed by atoms with Crippen LogP contribution in [0.3, 0.4) is 0 Å². The van der Waals surface area contributed by atoms with Crippen molar-refractivity contribution >= 4 is 5.78 Å². The first-order chi connectivity index (χ1) is 14.4. The van der Waals surface area contributed by atoms with Crippen LogP contribution in [-0.2, 0) is 4.79 Å². The molecule has 0 aliphatic heterocycles. The molecule has 3 unspecified atom stereocenters. The molecule has 166 valence electrons. The second kappa shape index (κ2) is 8.77. The summed E-state index contributed by atoms with van der Waals surface area (Å²) in [6, 6.07) is 0. The maximum atomic E-state index is 12.1. The van der Waals surface area contributed by atoms with Gasteiger partial charge in [-0.25, -0.2) is 0 Å². The molecule has 5 aliphatic rings. The molecule has 0 aromatic rings. The van der Waals surface area contributed by atoms with Crippen LogP contribution in [-0.4, -0.2) is 17.5 Å². The van der Waals surface area contributed by atoms with E-state index in [4.69, 9.17) is 5.11 Å². The number of aliphatic hydroxyl groups excluding tert-OH is 1. The minimum atomic E-state index is 0.191. The molecule has 0 radical (unpaired) electrons. The number of hydrogen-bond acceptors (Lipinski definition) is 2. The molecule has 1 N–H and O–H groups in total. The van der Waals surface area contributed by atoms with Crippen LogP contribution in [0.2, 0.25) is 0 Å². The molecule has 5 aliphatic carbocycles.